The van der Waals surface area contributed by atoms with E-state index in [4.69, 9.17) is 27.6 Å². The van der Waals surface area contributed by atoms with Gasteiger partial charge in [0.25, 0.3) is 5.22 Å². The Balaban J connectivity index is 2.16. The highest BCUT2D eigenvalue weighted by Crippen LogP contribution is 2.29. The van der Waals surface area contributed by atoms with Crippen LogP contribution in [0, 0.1) is 13.8 Å². The highest BCUT2D eigenvalue weighted by molar-refractivity contribution is 8.00. The Bertz CT molecular complexity index is 635. The van der Waals surface area contributed by atoms with Crippen LogP contribution in [0.5, 0.6) is 0 Å². The maximum absolute atomic E-state index is 12.4. The number of aromatic nitrogens is 1. The number of hydrogen-bond donors (Lipinski definition) is 0. The van der Waals surface area contributed by atoms with E-state index in [2.05, 4.69) is 4.98 Å². The number of ketones is 1. The molecule has 3 nitrogen and oxygen atoms in total. The molecule has 0 N–H and O–H groups in total. The van der Waals surface area contributed by atoms with Crippen molar-refractivity contribution in [2.24, 2.45) is 0 Å². The normalized spacial score (nSPS) is 12.4. The van der Waals surface area contributed by atoms with Gasteiger partial charge in [-0.1, -0.05) is 35.0 Å². The summed E-state index contributed by atoms with van der Waals surface area (Å²) in [6, 6.07) is 4.85. The quantitative estimate of drug-likeness (QED) is 0.587. The number of aryl methyl sites for hydroxylation is 2. The van der Waals surface area contributed by atoms with Gasteiger partial charge in [0.05, 0.1) is 16.0 Å². The number of benzene rings is 1. The van der Waals surface area contributed by atoms with Crippen molar-refractivity contribution in [1.29, 1.82) is 0 Å². The molecule has 2 rings (SSSR count). The molecular formula is C14H13Cl2NO2S. The summed E-state index contributed by atoms with van der Waals surface area (Å²) in [4.78, 5) is 16.6. The van der Waals surface area contributed by atoms with E-state index in [9.17, 15) is 4.79 Å². The molecule has 1 atom stereocenters. The van der Waals surface area contributed by atoms with E-state index in [1.54, 1.807) is 25.1 Å². The second-order valence-corrected chi connectivity index (χ2v) is 6.51. The molecular weight excluding hydrogens is 317 g/mol. The summed E-state index contributed by atoms with van der Waals surface area (Å²) in [5.41, 5.74) is 1.28. The number of thioether (sulfide) groups is 1. The fraction of sp³-hybridized carbons (Fsp3) is 0.286. The molecule has 0 spiro atoms. The van der Waals surface area contributed by atoms with Crippen LogP contribution in [-0.2, 0) is 0 Å². The predicted molar refractivity (Wildman–Crippen MR) is 82.1 cm³/mol. The van der Waals surface area contributed by atoms with E-state index >= 15 is 0 Å². The predicted octanol–water partition coefficient (Wildman–Crippen LogP) is 4.96. The molecule has 0 aliphatic rings. The Morgan fingerprint density at radius 2 is 2.05 bits per heavy atom. The number of oxazole rings is 1. The maximum Gasteiger partial charge on any atom is 0.256 e. The lowest BCUT2D eigenvalue weighted by atomic mass is 10.1. The molecule has 1 unspecified atom stereocenters. The van der Waals surface area contributed by atoms with Gasteiger partial charge >= 0.3 is 0 Å². The zero-order chi connectivity index (χ0) is 14.9. The molecule has 0 bridgehead atoms. The minimum absolute atomic E-state index is 0.0785. The van der Waals surface area contributed by atoms with Gasteiger partial charge in [0.1, 0.15) is 5.76 Å². The van der Waals surface area contributed by atoms with Crippen molar-refractivity contribution >= 4 is 40.7 Å². The van der Waals surface area contributed by atoms with Crippen LogP contribution < -0.4 is 0 Å². The van der Waals surface area contributed by atoms with Crippen molar-refractivity contribution < 1.29 is 9.21 Å². The van der Waals surface area contributed by atoms with Crippen molar-refractivity contribution in [2.45, 2.75) is 31.2 Å². The average molecular weight is 330 g/mol. The highest BCUT2D eigenvalue weighted by atomic mass is 35.5. The summed E-state index contributed by atoms with van der Waals surface area (Å²) in [7, 11) is 0. The smallest absolute Gasteiger partial charge is 0.256 e. The van der Waals surface area contributed by atoms with Crippen molar-refractivity contribution in [3.05, 3.63) is 45.3 Å². The van der Waals surface area contributed by atoms with Gasteiger partial charge < -0.3 is 4.42 Å². The van der Waals surface area contributed by atoms with E-state index in [0.29, 0.717) is 20.8 Å². The van der Waals surface area contributed by atoms with Crippen LogP contribution >= 0.6 is 35.0 Å². The van der Waals surface area contributed by atoms with E-state index < -0.39 is 0 Å². The van der Waals surface area contributed by atoms with Crippen molar-refractivity contribution in [3.63, 3.8) is 0 Å². The lowest BCUT2D eigenvalue weighted by Gasteiger charge is -2.09. The van der Waals surface area contributed by atoms with Gasteiger partial charge in [0.2, 0.25) is 0 Å². The van der Waals surface area contributed by atoms with Gasteiger partial charge in [-0.15, -0.1) is 0 Å². The van der Waals surface area contributed by atoms with E-state index in [1.807, 2.05) is 13.8 Å². The molecule has 106 valence electrons. The standard InChI is InChI=1S/C14H13Cl2NO2S/c1-7-8(2)19-14(17-7)20-9(3)13(18)11-5-4-10(15)6-12(11)16/h4-6,9H,1-3H3. The first-order valence-electron chi connectivity index (χ1n) is 5.98. The molecule has 0 aliphatic heterocycles. The molecule has 1 aromatic carbocycles. The Morgan fingerprint density at radius 1 is 1.35 bits per heavy atom. The summed E-state index contributed by atoms with van der Waals surface area (Å²) < 4.78 is 5.47. The van der Waals surface area contributed by atoms with E-state index in [-0.39, 0.29) is 11.0 Å². The van der Waals surface area contributed by atoms with E-state index in [1.165, 1.54) is 11.8 Å². The summed E-state index contributed by atoms with van der Waals surface area (Å²) in [6.07, 6.45) is 0. The number of carbonyl (C=O) groups is 1. The summed E-state index contributed by atoms with van der Waals surface area (Å²) in [5, 5.41) is 1.01. The summed E-state index contributed by atoms with van der Waals surface area (Å²) in [5.74, 6) is 0.682. The molecule has 1 heterocycles. The van der Waals surface area contributed by atoms with Gasteiger partial charge in [-0.3, -0.25) is 4.79 Å². The number of halogens is 2. The van der Waals surface area contributed by atoms with Crippen LogP contribution in [0.1, 0.15) is 28.7 Å². The molecule has 2 aromatic rings. The first kappa shape index (κ1) is 15.4. The van der Waals surface area contributed by atoms with Crippen LogP contribution in [-0.4, -0.2) is 16.0 Å². The monoisotopic (exact) mass is 329 g/mol. The molecule has 0 saturated carbocycles. The molecule has 0 fully saturated rings. The lowest BCUT2D eigenvalue weighted by Crippen LogP contribution is -2.14. The van der Waals surface area contributed by atoms with Crippen molar-refractivity contribution in [1.82, 2.24) is 4.98 Å². The largest absolute Gasteiger partial charge is 0.437 e. The number of nitrogens with zero attached hydrogens (tertiary/aromatic N) is 1. The Labute approximate surface area is 131 Å². The third kappa shape index (κ3) is 3.37. The zero-order valence-corrected chi connectivity index (χ0v) is 13.6. The molecule has 1 aromatic heterocycles. The third-order valence-corrected chi connectivity index (χ3v) is 4.34. The van der Waals surface area contributed by atoms with Crippen LogP contribution in [0.25, 0.3) is 0 Å². The van der Waals surface area contributed by atoms with Crippen LogP contribution in [0.4, 0.5) is 0 Å². The van der Waals surface area contributed by atoms with Gasteiger partial charge in [0, 0.05) is 10.6 Å². The Morgan fingerprint density at radius 3 is 2.60 bits per heavy atom. The van der Waals surface area contributed by atoms with Crippen molar-refractivity contribution in [2.75, 3.05) is 0 Å². The Kier molecular flexibility index (Phi) is 4.78. The van der Waals surface area contributed by atoms with Gasteiger partial charge in [0.15, 0.2) is 5.78 Å². The topological polar surface area (TPSA) is 43.1 Å². The zero-order valence-electron chi connectivity index (χ0n) is 11.2. The van der Waals surface area contributed by atoms with Gasteiger partial charge in [-0.25, -0.2) is 4.98 Å². The van der Waals surface area contributed by atoms with Gasteiger partial charge in [-0.05, 0) is 39.0 Å². The van der Waals surface area contributed by atoms with Crippen LogP contribution in [0.3, 0.4) is 0 Å². The first-order chi connectivity index (χ1) is 9.38. The maximum atomic E-state index is 12.4. The molecule has 0 aliphatic carbocycles. The molecule has 0 radical (unpaired) electrons. The molecule has 0 amide bonds. The first-order valence-corrected chi connectivity index (χ1v) is 7.62. The summed E-state index contributed by atoms with van der Waals surface area (Å²) in [6.45, 7) is 5.51. The SMILES string of the molecule is Cc1nc(SC(C)C(=O)c2ccc(Cl)cc2Cl)oc1C. The van der Waals surface area contributed by atoms with Crippen LogP contribution in [0.2, 0.25) is 10.0 Å². The number of hydrogen-bond acceptors (Lipinski definition) is 4. The second kappa shape index (κ2) is 6.20. The number of rotatable bonds is 4. The van der Waals surface area contributed by atoms with Gasteiger partial charge in [-0.2, -0.15) is 0 Å². The van der Waals surface area contributed by atoms with Crippen LogP contribution in [0.15, 0.2) is 27.8 Å². The molecule has 0 saturated heterocycles. The molecule has 20 heavy (non-hydrogen) atoms. The third-order valence-electron chi connectivity index (χ3n) is 2.85. The Hall–Kier alpha value is -0.970. The highest BCUT2D eigenvalue weighted by Gasteiger charge is 2.21. The minimum Gasteiger partial charge on any atom is -0.437 e. The van der Waals surface area contributed by atoms with E-state index in [0.717, 1.165) is 11.5 Å². The van der Waals surface area contributed by atoms with Crippen molar-refractivity contribution in [3.8, 4) is 0 Å². The molecule has 6 heteroatoms. The minimum atomic E-state index is -0.342. The number of Topliss-reactive ketones (excluding diaryl/α,β-unsaturated/α-hetero) is 1. The fourth-order valence-corrected chi connectivity index (χ4v) is 3.01. The average Bonchev–Trinajstić information content (AvgIpc) is 2.67. The number of carbonyl (C=O) groups excluding carboxylic acids is 1. The second-order valence-electron chi connectivity index (χ2n) is 4.37. The lowest BCUT2D eigenvalue weighted by molar-refractivity contribution is 0.0993. The fourth-order valence-electron chi connectivity index (χ4n) is 1.61. The summed E-state index contributed by atoms with van der Waals surface area (Å²) >= 11 is 13.1.